The van der Waals surface area contributed by atoms with E-state index in [1.54, 1.807) is 29.5 Å². The van der Waals surface area contributed by atoms with Gasteiger partial charge in [-0.1, -0.05) is 0 Å². The molecule has 0 atom stereocenters. The summed E-state index contributed by atoms with van der Waals surface area (Å²) in [5.74, 6) is -0.135. The van der Waals surface area contributed by atoms with E-state index in [2.05, 4.69) is 15.3 Å². The number of aryl methyl sites for hydroxylation is 2. The van der Waals surface area contributed by atoms with Crippen LogP contribution in [0.25, 0.3) is 11.0 Å². The highest BCUT2D eigenvalue weighted by atomic mass is 32.1. The van der Waals surface area contributed by atoms with Crippen molar-refractivity contribution in [3.63, 3.8) is 0 Å². The highest BCUT2D eigenvalue weighted by molar-refractivity contribution is 7.12. The minimum atomic E-state index is -0.257. The molecule has 2 heterocycles. The summed E-state index contributed by atoms with van der Waals surface area (Å²) in [6.07, 6.45) is 0. The largest absolute Gasteiger partial charge is 0.323 e. The molecule has 102 valence electrons. The maximum absolute atomic E-state index is 12.2. The van der Waals surface area contributed by atoms with Gasteiger partial charge in [0, 0.05) is 15.4 Å². The molecule has 0 saturated heterocycles. The van der Waals surface area contributed by atoms with Gasteiger partial charge in [-0.3, -0.25) is 4.79 Å². The lowest BCUT2D eigenvalue weighted by atomic mass is 10.2. The van der Waals surface area contributed by atoms with Gasteiger partial charge in [-0.2, -0.15) is 0 Å². The molecule has 3 N–H and O–H groups in total. The number of imidazole rings is 1. The molecule has 3 rings (SSSR count). The van der Waals surface area contributed by atoms with E-state index in [1.165, 1.54) is 0 Å². The molecule has 0 aliphatic heterocycles. The number of rotatable bonds is 2. The van der Waals surface area contributed by atoms with Crippen molar-refractivity contribution in [2.24, 2.45) is 0 Å². The molecule has 0 radical (unpaired) electrons. The predicted molar refractivity (Wildman–Crippen MR) is 80.7 cm³/mol. The van der Waals surface area contributed by atoms with Crippen molar-refractivity contribution in [1.29, 1.82) is 0 Å². The van der Waals surface area contributed by atoms with Gasteiger partial charge in [0.25, 0.3) is 5.91 Å². The van der Waals surface area contributed by atoms with Crippen LogP contribution >= 0.6 is 11.3 Å². The first-order valence-corrected chi connectivity index (χ1v) is 6.95. The third-order valence-corrected chi connectivity index (χ3v) is 4.03. The molecule has 0 spiro atoms. The van der Waals surface area contributed by atoms with Gasteiger partial charge in [0.1, 0.15) is 0 Å². The Bertz CT molecular complexity index is 857. The second-order valence-corrected chi connectivity index (χ2v) is 6.08. The fourth-order valence-electron chi connectivity index (χ4n) is 2.16. The van der Waals surface area contributed by atoms with Gasteiger partial charge in [0.05, 0.1) is 16.6 Å². The van der Waals surface area contributed by atoms with Gasteiger partial charge < -0.3 is 15.3 Å². The Hall–Kier alpha value is -2.34. The van der Waals surface area contributed by atoms with Crippen LogP contribution in [0, 0.1) is 13.8 Å². The van der Waals surface area contributed by atoms with Crippen LogP contribution < -0.4 is 11.0 Å². The van der Waals surface area contributed by atoms with Crippen LogP contribution in [0.15, 0.2) is 29.1 Å². The van der Waals surface area contributed by atoms with Crippen molar-refractivity contribution in [3.05, 3.63) is 50.1 Å². The lowest BCUT2D eigenvalue weighted by molar-refractivity contribution is 0.102. The van der Waals surface area contributed by atoms with E-state index in [0.717, 1.165) is 15.3 Å². The number of fused-ring (bicyclic) bond motifs is 1. The summed E-state index contributed by atoms with van der Waals surface area (Å²) in [7, 11) is 0. The van der Waals surface area contributed by atoms with Crippen LogP contribution in [0.4, 0.5) is 5.69 Å². The molecule has 1 aromatic carbocycles. The summed E-state index contributed by atoms with van der Waals surface area (Å²) in [6, 6.07) is 7.14. The Kier molecular flexibility index (Phi) is 2.94. The van der Waals surface area contributed by atoms with Crippen LogP contribution in [0.5, 0.6) is 0 Å². The molecule has 0 unspecified atom stereocenters. The highest BCUT2D eigenvalue weighted by Crippen LogP contribution is 2.22. The normalized spacial score (nSPS) is 10.9. The Morgan fingerprint density at radius 1 is 1.15 bits per heavy atom. The van der Waals surface area contributed by atoms with Gasteiger partial charge in [-0.25, -0.2) is 4.79 Å². The molecule has 0 saturated carbocycles. The molecule has 0 bridgehead atoms. The molecule has 1 amide bonds. The Morgan fingerprint density at radius 3 is 2.60 bits per heavy atom. The number of carbonyl (C=O) groups excluding carboxylic acids is 1. The van der Waals surface area contributed by atoms with E-state index in [-0.39, 0.29) is 11.6 Å². The zero-order chi connectivity index (χ0) is 14.3. The highest BCUT2D eigenvalue weighted by Gasteiger charge is 2.12. The lowest BCUT2D eigenvalue weighted by Gasteiger charge is -2.04. The number of anilines is 1. The Labute approximate surface area is 118 Å². The summed E-state index contributed by atoms with van der Waals surface area (Å²) in [5, 5.41) is 2.85. The molecule has 3 aromatic rings. The topological polar surface area (TPSA) is 77.8 Å². The number of nitrogens with one attached hydrogen (secondary N) is 3. The van der Waals surface area contributed by atoms with Gasteiger partial charge in [0.2, 0.25) is 0 Å². The maximum Gasteiger partial charge on any atom is 0.323 e. The van der Waals surface area contributed by atoms with Crippen molar-refractivity contribution < 1.29 is 4.79 Å². The standard InChI is InChI=1S/C14H13N3O2S/c1-7-5-10(8(2)20-7)13(18)15-9-3-4-11-12(6-9)17-14(19)16-11/h3-6H,1-2H3,(H,15,18)(H2,16,17,19). The zero-order valence-electron chi connectivity index (χ0n) is 11.0. The first-order chi connectivity index (χ1) is 9.52. The molecule has 0 aliphatic rings. The Balaban J connectivity index is 1.90. The monoisotopic (exact) mass is 287 g/mol. The molecule has 2 aromatic heterocycles. The summed E-state index contributed by atoms with van der Waals surface area (Å²) in [5.41, 5.74) is 2.48. The van der Waals surface area contributed by atoms with Crippen LogP contribution in [0.1, 0.15) is 20.1 Å². The molecule has 0 aliphatic carbocycles. The van der Waals surface area contributed by atoms with E-state index in [4.69, 9.17) is 0 Å². The number of thiophene rings is 1. The number of benzene rings is 1. The quantitative estimate of drug-likeness (QED) is 0.677. The molecule has 5 nitrogen and oxygen atoms in total. The van der Waals surface area contributed by atoms with Crippen LogP contribution in [0.3, 0.4) is 0 Å². The van der Waals surface area contributed by atoms with Crippen molar-refractivity contribution >= 4 is 34.0 Å². The van der Waals surface area contributed by atoms with Crippen LogP contribution in [-0.2, 0) is 0 Å². The van der Waals surface area contributed by atoms with Gasteiger partial charge in [-0.15, -0.1) is 11.3 Å². The van der Waals surface area contributed by atoms with Gasteiger partial charge in [0.15, 0.2) is 0 Å². The first-order valence-electron chi connectivity index (χ1n) is 6.13. The SMILES string of the molecule is Cc1cc(C(=O)Nc2ccc3[nH]c(=O)[nH]c3c2)c(C)s1. The van der Waals surface area contributed by atoms with Crippen molar-refractivity contribution in [1.82, 2.24) is 9.97 Å². The number of aromatic amines is 2. The van der Waals surface area contributed by atoms with Crippen molar-refractivity contribution in [3.8, 4) is 0 Å². The summed E-state index contributed by atoms with van der Waals surface area (Å²) in [4.78, 5) is 30.8. The second-order valence-electron chi connectivity index (χ2n) is 4.62. The number of H-pyrrole nitrogens is 2. The summed E-state index contributed by atoms with van der Waals surface area (Å²) < 4.78 is 0. The maximum atomic E-state index is 12.2. The van der Waals surface area contributed by atoms with E-state index in [9.17, 15) is 9.59 Å². The summed E-state index contributed by atoms with van der Waals surface area (Å²) >= 11 is 1.60. The number of hydrogen-bond donors (Lipinski definition) is 3. The van der Waals surface area contributed by atoms with Gasteiger partial charge >= 0.3 is 5.69 Å². The predicted octanol–water partition coefficient (Wildman–Crippen LogP) is 2.79. The average molecular weight is 287 g/mol. The van der Waals surface area contributed by atoms with E-state index < -0.39 is 0 Å². The fourth-order valence-corrected chi connectivity index (χ4v) is 3.09. The number of carbonyl (C=O) groups is 1. The van der Waals surface area contributed by atoms with Crippen LogP contribution in [-0.4, -0.2) is 15.9 Å². The third-order valence-electron chi connectivity index (χ3n) is 3.06. The fraction of sp³-hybridized carbons (Fsp3) is 0.143. The zero-order valence-corrected chi connectivity index (χ0v) is 11.9. The molecule has 0 fully saturated rings. The first kappa shape index (κ1) is 12.7. The Morgan fingerprint density at radius 2 is 1.90 bits per heavy atom. The molecule has 6 heteroatoms. The lowest BCUT2D eigenvalue weighted by Crippen LogP contribution is -2.11. The van der Waals surface area contributed by atoms with E-state index in [1.807, 2.05) is 19.9 Å². The molecular weight excluding hydrogens is 274 g/mol. The van der Waals surface area contributed by atoms with Crippen LogP contribution in [0.2, 0.25) is 0 Å². The van der Waals surface area contributed by atoms with Gasteiger partial charge in [-0.05, 0) is 38.1 Å². The minimum Gasteiger partial charge on any atom is -0.322 e. The minimum absolute atomic E-state index is 0.135. The van der Waals surface area contributed by atoms with E-state index >= 15 is 0 Å². The van der Waals surface area contributed by atoms with Crippen molar-refractivity contribution in [2.45, 2.75) is 13.8 Å². The summed E-state index contributed by atoms with van der Waals surface area (Å²) in [6.45, 7) is 3.91. The van der Waals surface area contributed by atoms with Crippen molar-refractivity contribution in [2.75, 3.05) is 5.32 Å². The second kappa shape index (κ2) is 4.64. The number of hydrogen-bond acceptors (Lipinski definition) is 3. The smallest absolute Gasteiger partial charge is 0.322 e. The molecule has 20 heavy (non-hydrogen) atoms. The van der Waals surface area contributed by atoms with E-state index in [0.29, 0.717) is 16.8 Å². The number of amides is 1. The average Bonchev–Trinajstić information content (AvgIpc) is 2.90. The third kappa shape index (κ3) is 2.25. The number of aromatic nitrogens is 2. The molecular formula is C14H13N3O2S.